The number of aryl methyl sites for hydroxylation is 1. The molecule has 2 aromatic carbocycles. The molecule has 2 aromatic rings. The second-order valence-corrected chi connectivity index (χ2v) is 3.49. The van der Waals surface area contributed by atoms with Gasteiger partial charge in [0.05, 0.1) is 0 Å². The van der Waals surface area contributed by atoms with Crippen LogP contribution in [-0.4, -0.2) is 0 Å². The maximum Gasteiger partial charge on any atom is 0.0320 e. The summed E-state index contributed by atoms with van der Waals surface area (Å²) < 4.78 is 0. The molecule has 0 saturated carbocycles. The van der Waals surface area contributed by atoms with Gasteiger partial charge in [0.1, 0.15) is 0 Å². The first-order chi connectivity index (χ1) is 6.75. The predicted molar refractivity (Wildman–Crippen MR) is 68.3 cm³/mol. The molecule has 0 radical (unpaired) electrons. The van der Waals surface area contributed by atoms with E-state index < -0.39 is 0 Å². The number of hydrogen-bond acceptors (Lipinski definition) is 1. The number of halogens is 1. The number of rotatable bonds is 1. The summed E-state index contributed by atoms with van der Waals surface area (Å²) in [6, 6.07) is 16.4. The maximum atomic E-state index is 5.73. The number of nitrogens with two attached hydrogens (primary N) is 1. The fourth-order valence-electron chi connectivity index (χ4n) is 1.46. The first kappa shape index (κ1) is 11.6. The fourth-order valence-corrected chi connectivity index (χ4v) is 1.46. The molecule has 0 unspecified atom stereocenters. The largest absolute Gasteiger partial charge is 0.399 e. The Balaban J connectivity index is 0.00000112. The second kappa shape index (κ2) is 4.85. The third-order valence-corrected chi connectivity index (χ3v) is 2.27. The van der Waals surface area contributed by atoms with Crippen LogP contribution >= 0.6 is 12.4 Å². The highest BCUT2D eigenvalue weighted by Gasteiger charge is 1.96. The van der Waals surface area contributed by atoms with E-state index >= 15 is 0 Å². The molecule has 0 amide bonds. The Morgan fingerprint density at radius 3 is 2.13 bits per heavy atom. The second-order valence-electron chi connectivity index (χ2n) is 3.49. The molecule has 0 spiro atoms. The molecule has 0 aliphatic rings. The van der Waals surface area contributed by atoms with Crippen molar-refractivity contribution in [2.75, 3.05) is 5.73 Å². The number of hydrogen-bond donors (Lipinski definition) is 1. The zero-order chi connectivity index (χ0) is 9.97. The highest BCUT2D eigenvalue weighted by molar-refractivity contribution is 5.85. The van der Waals surface area contributed by atoms with Gasteiger partial charge in [-0.1, -0.05) is 42.0 Å². The van der Waals surface area contributed by atoms with Crippen molar-refractivity contribution in [1.29, 1.82) is 0 Å². The van der Waals surface area contributed by atoms with Gasteiger partial charge in [0.2, 0.25) is 0 Å². The Morgan fingerprint density at radius 2 is 1.53 bits per heavy atom. The van der Waals surface area contributed by atoms with Crippen molar-refractivity contribution < 1.29 is 0 Å². The third kappa shape index (κ3) is 2.74. The van der Waals surface area contributed by atoms with E-state index in [1.165, 1.54) is 16.7 Å². The van der Waals surface area contributed by atoms with Crippen molar-refractivity contribution in [1.82, 2.24) is 0 Å². The molecule has 0 aliphatic heterocycles. The van der Waals surface area contributed by atoms with E-state index in [-0.39, 0.29) is 12.4 Å². The molecule has 15 heavy (non-hydrogen) atoms. The molecule has 0 bridgehead atoms. The van der Waals surface area contributed by atoms with Crippen LogP contribution in [0.1, 0.15) is 5.56 Å². The average molecular weight is 220 g/mol. The van der Waals surface area contributed by atoms with Gasteiger partial charge in [-0.2, -0.15) is 0 Å². The Morgan fingerprint density at radius 1 is 0.867 bits per heavy atom. The molecule has 78 valence electrons. The van der Waals surface area contributed by atoms with Crippen molar-refractivity contribution in [3.05, 3.63) is 54.1 Å². The zero-order valence-corrected chi connectivity index (χ0v) is 9.42. The third-order valence-electron chi connectivity index (χ3n) is 2.27. The van der Waals surface area contributed by atoms with E-state index in [1.54, 1.807) is 0 Å². The van der Waals surface area contributed by atoms with Gasteiger partial charge in [0, 0.05) is 5.69 Å². The van der Waals surface area contributed by atoms with E-state index in [0.717, 1.165) is 5.69 Å². The van der Waals surface area contributed by atoms with Gasteiger partial charge in [-0.25, -0.2) is 0 Å². The van der Waals surface area contributed by atoms with E-state index in [2.05, 4.69) is 37.3 Å². The molecule has 0 fully saturated rings. The van der Waals surface area contributed by atoms with Crippen molar-refractivity contribution in [2.24, 2.45) is 0 Å². The lowest BCUT2D eigenvalue weighted by molar-refractivity contribution is 1.47. The standard InChI is InChI=1S/C13H13N.ClH/c1-10-5-7-11(8-6-10)12-3-2-4-13(14)9-12;/h2-9H,14H2,1H3;1H. The topological polar surface area (TPSA) is 26.0 Å². The molecule has 2 rings (SSSR count). The van der Waals surface area contributed by atoms with Gasteiger partial charge in [-0.05, 0) is 30.2 Å². The number of nitrogen functional groups attached to an aromatic ring is 1. The maximum absolute atomic E-state index is 5.73. The summed E-state index contributed by atoms with van der Waals surface area (Å²) in [4.78, 5) is 0. The SMILES string of the molecule is Cc1ccc(-c2cccc(N)c2)cc1.Cl. The molecule has 0 aromatic heterocycles. The average Bonchev–Trinajstić information content (AvgIpc) is 2.19. The van der Waals surface area contributed by atoms with Crippen LogP contribution in [0.4, 0.5) is 5.69 Å². The van der Waals surface area contributed by atoms with Crippen LogP contribution in [0, 0.1) is 6.92 Å². The monoisotopic (exact) mass is 219 g/mol. The van der Waals surface area contributed by atoms with E-state index in [9.17, 15) is 0 Å². The van der Waals surface area contributed by atoms with Crippen LogP contribution in [0.15, 0.2) is 48.5 Å². The van der Waals surface area contributed by atoms with Crippen LogP contribution in [0.25, 0.3) is 11.1 Å². The minimum Gasteiger partial charge on any atom is -0.399 e. The molecule has 2 N–H and O–H groups in total. The molecule has 1 nitrogen and oxygen atoms in total. The predicted octanol–water partition coefficient (Wildman–Crippen LogP) is 3.67. The first-order valence-electron chi connectivity index (χ1n) is 4.68. The Labute approximate surface area is 96.3 Å². The molecule has 0 heterocycles. The van der Waals surface area contributed by atoms with Crippen molar-refractivity contribution in [3.8, 4) is 11.1 Å². The van der Waals surface area contributed by atoms with Crippen molar-refractivity contribution >= 4 is 18.1 Å². The van der Waals surface area contributed by atoms with Crippen molar-refractivity contribution in [3.63, 3.8) is 0 Å². The number of anilines is 1. The van der Waals surface area contributed by atoms with Gasteiger partial charge < -0.3 is 5.73 Å². The molecule has 2 heteroatoms. The summed E-state index contributed by atoms with van der Waals surface area (Å²) in [5.74, 6) is 0. The quantitative estimate of drug-likeness (QED) is 0.728. The van der Waals surface area contributed by atoms with Gasteiger partial charge in [-0.15, -0.1) is 12.4 Å². The first-order valence-corrected chi connectivity index (χ1v) is 4.68. The molecule has 0 atom stereocenters. The lowest BCUT2D eigenvalue weighted by atomic mass is 10.0. The minimum atomic E-state index is 0. The summed E-state index contributed by atoms with van der Waals surface area (Å²) in [6.07, 6.45) is 0. The van der Waals surface area contributed by atoms with Crippen LogP contribution in [0.5, 0.6) is 0 Å². The lowest BCUT2D eigenvalue weighted by Gasteiger charge is -2.02. The Bertz CT molecular complexity index is 435. The summed E-state index contributed by atoms with van der Waals surface area (Å²) in [6.45, 7) is 2.09. The van der Waals surface area contributed by atoms with Crippen LogP contribution in [0.3, 0.4) is 0 Å². The molecule has 0 saturated heterocycles. The van der Waals surface area contributed by atoms with Gasteiger partial charge in [0.25, 0.3) is 0 Å². The van der Waals surface area contributed by atoms with Gasteiger partial charge >= 0.3 is 0 Å². The normalized spacial score (nSPS) is 9.40. The summed E-state index contributed by atoms with van der Waals surface area (Å²) >= 11 is 0. The molecule has 0 aliphatic carbocycles. The zero-order valence-electron chi connectivity index (χ0n) is 8.60. The Kier molecular flexibility index (Phi) is 3.75. The Hall–Kier alpha value is -1.47. The highest BCUT2D eigenvalue weighted by Crippen LogP contribution is 2.21. The minimum absolute atomic E-state index is 0. The summed E-state index contributed by atoms with van der Waals surface area (Å²) in [7, 11) is 0. The highest BCUT2D eigenvalue weighted by atomic mass is 35.5. The molecular weight excluding hydrogens is 206 g/mol. The van der Waals surface area contributed by atoms with Crippen LogP contribution in [0.2, 0.25) is 0 Å². The van der Waals surface area contributed by atoms with Gasteiger partial charge in [-0.3, -0.25) is 0 Å². The summed E-state index contributed by atoms with van der Waals surface area (Å²) in [5.41, 5.74) is 10.2. The van der Waals surface area contributed by atoms with Gasteiger partial charge in [0.15, 0.2) is 0 Å². The van der Waals surface area contributed by atoms with Crippen molar-refractivity contribution in [2.45, 2.75) is 6.92 Å². The lowest BCUT2D eigenvalue weighted by Crippen LogP contribution is -1.84. The summed E-state index contributed by atoms with van der Waals surface area (Å²) in [5, 5.41) is 0. The van der Waals surface area contributed by atoms with Crippen LogP contribution < -0.4 is 5.73 Å². The van der Waals surface area contributed by atoms with E-state index in [1.807, 2.05) is 18.2 Å². The molecular formula is C13H14ClN. The number of benzene rings is 2. The fraction of sp³-hybridized carbons (Fsp3) is 0.0769. The smallest absolute Gasteiger partial charge is 0.0320 e. The van der Waals surface area contributed by atoms with E-state index in [4.69, 9.17) is 5.73 Å². The van der Waals surface area contributed by atoms with Crippen LogP contribution in [-0.2, 0) is 0 Å². The van der Waals surface area contributed by atoms with E-state index in [0.29, 0.717) is 0 Å².